The van der Waals surface area contributed by atoms with E-state index in [0.29, 0.717) is 16.0 Å². The van der Waals surface area contributed by atoms with E-state index in [1.54, 1.807) is 0 Å². The zero-order valence-corrected chi connectivity index (χ0v) is 18.5. The van der Waals surface area contributed by atoms with Crippen LogP contribution >= 0.6 is 11.3 Å². The Labute approximate surface area is 187 Å². The van der Waals surface area contributed by atoms with E-state index in [1.165, 1.54) is 60.7 Å². The fourth-order valence-electron chi connectivity index (χ4n) is 2.95. The van der Waals surface area contributed by atoms with Crippen LogP contribution in [0, 0.1) is 11.6 Å². The quantitative estimate of drug-likeness (QED) is 0.449. The normalized spacial score (nSPS) is 12.1. The molecule has 0 radical (unpaired) electrons. The largest absolute Gasteiger partial charge is 0.238 e. The zero-order chi connectivity index (χ0) is 23.1. The molecule has 32 heavy (non-hydrogen) atoms. The maximum absolute atomic E-state index is 13.6. The molecule has 0 saturated heterocycles. The van der Waals surface area contributed by atoms with Crippen molar-refractivity contribution in [1.29, 1.82) is 0 Å². The van der Waals surface area contributed by atoms with Crippen molar-refractivity contribution in [3.8, 4) is 21.7 Å². The smallest absolute Gasteiger partial charge is 0.225 e. The summed E-state index contributed by atoms with van der Waals surface area (Å²) in [6.07, 6.45) is 0. The van der Waals surface area contributed by atoms with Crippen LogP contribution in [0.3, 0.4) is 0 Å². The molecule has 1 heterocycles. The van der Waals surface area contributed by atoms with Crippen LogP contribution in [-0.2, 0) is 19.9 Å². The zero-order valence-electron chi connectivity index (χ0n) is 16.1. The lowest BCUT2D eigenvalue weighted by Crippen LogP contribution is -2.11. The molecule has 0 amide bonds. The summed E-state index contributed by atoms with van der Waals surface area (Å²) >= 11 is 0.837. The lowest BCUT2D eigenvalue weighted by molar-refractivity contribution is 0.590. The predicted molar refractivity (Wildman–Crippen MR) is 116 cm³/mol. The molecule has 0 aliphatic heterocycles. The number of primary sulfonamides is 1. The van der Waals surface area contributed by atoms with Crippen LogP contribution in [0.2, 0.25) is 0 Å². The molecule has 2 N–H and O–H groups in total. The SMILES string of the molecule is NS(=O)(=O)c1ccc(-c2sc(S(=O)(=O)c3cccc(F)c3)nc2-c2ccc(F)cc2)cc1. The number of nitrogens with two attached hydrogens (primary N) is 1. The number of rotatable bonds is 5. The Bertz CT molecular complexity index is 1510. The summed E-state index contributed by atoms with van der Waals surface area (Å²) in [5, 5.41) is 5.14. The van der Waals surface area contributed by atoms with Crippen molar-refractivity contribution in [3.63, 3.8) is 0 Å². The molecular formula is C21H14F2N2O4S3. The molecule has 6 nitrogen and oxygen atoms in total. The van der Waals surface area contributed by atoms with Crippen molar-refractivity contribution in [1.82, 2.24) is 4.98 Å². The molecule has 0 aliphatic carbocycles. The van der Waals surface area contributed by atoms with Crippen LogP contribution in [0.5, 0.6) is 0 Å². The summed E-state index contributed by atoms with van der Waals surface area (Å²) in [5.74, 6) is -1.18. The van der Waals surface area contributed by atoms with Crippen LogP contribution in [0.25, 0.3) is 21.7 Å². The molecule has 0 bridgehead atoms. The molecule has 0 unspecified atom stereocenters. The monoisotopic (exact) mass is 492 g/mol. The second-order valence-electron chi connectivity index (χ2n) is 6.69. The Morgan fingerprint density at radius 2 is 1.38 bits per heavy atom. The van der Waals surface area contributed by atoms with Crippen LogP contribution < -0.4 is 5.14 Å². The lowest BCUT2D eigenvalue weighted by Gasteiger charge is -2.04. The van der Waals surface area contributed by atoms with Gasteiger partial charge < -0.3 is 0 Å². The maximum atomic E-state index is 13.6. The van der Waals surface area contributed by atoms with E-state index in [4.69, 9.17) is 5.14 Å². The number of halogens is 2. The molecule has 0 fully saturated rings. The van der Waals surface area contributed by atoms with E-state index >= 15 is 0 Å². The van der Waals surface area contributed by atoms with Crippen LogP contribution in [0.15, 0.2) is 86.9 Å². The molecule has 4 aromatic rings. The maximum Gasteiger partial charge on any atom is 0.238 e. The van der Waals surface area contributed by atoms with Gasteiger partial charge in [-0.05, 0) is 60.2 Å². The van der Waals surface area contributed by atoms with E-state index in [-0.39, 0.29) is 19.8 Å². The minimum Gasteiger partial charge on any atom is -0.225 e. The molecule has 0 aliphatic rings. The summed E-state index contributed by atoms with van der Waals surface area (Å²) in [6.45, 7) is 0. The summed E-state index contributed by atoms with van der Waals surface area (Å²) in [4.78, 5) is 4.32. The highest BCUT2D eigenvalue weighted by atomic mass is 32.2. The highest BCUT2D eigenvalue weighted by Gasteiger charge is 2.26. The highest BCUT2D eigenvalue weighted by Crippen LogP contribution is 2.40. The van der Waals surface area contributed by atoms with E-state index in [0.717, 1.165) is 23.5 Å². The summed E-state index contributed by atoms with van der Waals surface area (Å²) in [5.41, 5.74) is 1.19. The Kier molecular flexibility index (Phi) is 5.67. The van der Waals surface area contributed by atoms with Crippen LogP contribution in [0.4, 0.5) is 8.78 Å². The third-order valence-electron chi connectivity index (χ3n) is 4.51. The molecule has 11 heteroatoms. The van der Waals surface area contributed by atoms with Crippen molar-refractivity contribution in [3.05, 3.63) is 84.4 Å². The number of sulfonamides is 1. The number of benzene rings is 3. The van der Waals surface area contributed by atoms with Gasteiger partial charge in [0, 0.05) is 5.56 Å². The number of hydrogen-bond donors (Lipinski definition) is 1. The Morgan fingerprint density at radius 1 is 0.750 bits per heavy atom. The topological polar surface area (TPSA) is 107 Å². The third kappa shape index (κ3) is 4.32. The average Bonchev–Trinajstić information content (AvgIpc) is 3.20. The molecule has 1 aromatic heterocycles. The van der Waals surface area contributed by atoms with Gasteiger partial charge in [0.1, 0.15) is 11.6 Å². The van der Waals surface area contributed by atoms with Gasteiger partial charge in [-0.15, -0.1) is 11.3 Å². The average molecular weight is 493 g/mol. The van der Waals surface area contributed by atoms with Crippen molar-refractivity contribution in [2.45, 2.75) is 14.1 Å². The van der Waals surface area contributed by atoms with Gasteiger partial charge in [0.05, 0.1) is 20.4 Å². The molecule has 0 atom stereocenters. The highest BCUT2D eigenvalue weighted by molar-refractivity contribution is 7.93. The van der Waals surface area contributed by atoms with Gasteiger partial charge in [-0.1, -0.05) is 18.2 Å². The standard InChI is InChI=1S/C21H14F2N2O4S3/c22-15-8-4-13(5-9-15)19-20(14-6-10-17(11-7-14)32(24,28)29)30-21(25-19)31(26,27)18-3-1-2-16(23)12-18/h1-12H,(H2,24,28,29). The Morgan fingerprint density at radius 3 is 1.97 bits per heavy atom. The number of aromatic nitrogens is 1. The van der Waals surface area contributed by atoms with Crippen molar-refractivity contribution in [2.24, 2.45) is 5.14 Å². The first-order valence-corrected chi connectivity index (χ1v) is 12.8. The van der Waals surface area contributed by atoms with Crippen molar-refractivity contribution < 1.29 is 25.6 Å². The number of thiazole rings is 1. The second-order valence-corrected chi connectivity index (χ2v) is 11.4. The molecule has 164 valence electrons. The number of hydrogen-bond acceptors (Lipinski definition) is 6. The van der Waals surface area contributed by atoms with Gasteiger partial charge in [-0.25, -0.2) is 35.7 Å². The molecule has 4 rings (SSSR count). The van der Waals surface area contributed by atoms with Crippen molar-refractivity contribution >= 4 is 31.2 Å². The number of nitrogens with zero attached hydrogens (tertiary/aromatic N) is 1. The Balaban J connectivity index is 1.91. The first kappa shape index (κ1) is 22.2. The first-order valence-electron chi connectivity index (χ1n) is 8.96. The molecule has 3 aromatic carbocycles. The lowest BCUT2D eigenvalue weighted by atomic mass is 10.1. The fraction of sp³-hybridized carbons (Fsp3) is 0. The second kappa shape index (κ2) is 8.17. The van der Waals surface area contributed by atoms with E-state index in [2.05, 4.69) is 4.98 Å². The molecule has 0 saturated carbocycles. The molecule has 0 spiro atoms. The van der Waals surface area contributed by atoms with E-state index in [1.807, 2.05) is 0 Å². The van der Waals surface area contributed by atoms with E-state index < -0.39 is 31.5 Å². The van der Waals surface area contributed by atoms with Gasteiger partial charge in [0.25, 0.3) is 0 Å². The van der Waals surface area contributed by atoms with Crippen LogP contribution in [-0.4, -0.2) is 21.8 Å². The Hall–Kier alpha value is -2.99. The van der Waals surface area contributed by atoms with Gasteiger partial charge in [-0.2, -0.15) is 0 Å². The predicted octanol–water partition coefficient (Wildman–Crippen LogP) is 4.24. The summed E-state index contributed by atoms with van der Waals surface area (Å²) in [7, 11) is -8.05. The minimum atomic E-state index is -4.14. The summed E-state index contributed by atoms with van der Waals surface area (Å²) in [6, 6.07) is 15.4. The van der Waals surface area contributed by atoms with Gasteiger partial charge in [0.2, 0.25) is 24.2 Å². The third-order valence-corrected chi connectivity index (χ3v) is 8.67. The van der Waals surface area contributed by atoms with Gasteiger partial charge in [-0.3, -0.25) is 0 Å². The van der Waals surface area contributed by atoms with Gasteiger partial charge >= 0.3 is 0 Å². The fourth-order valence-corrected chi connectivity index (χ4v) is 6.20. The summed E-state index contributed by atoms with van der Waals surface area (Å²) < 4.78 is 76.0. The first-order chi connectivity index (χ1) is 15.1. The molecular weight excluding hydrogens is 478 g/mol. The van der Waals surface area contributed by atoms with Crippen LogP contribution in [0.1, 0.15) is 0 Å². The van der Waals surface area contributed by atoms with Gasteiger partial charge in [0.15, 0.2) is 0 Å². The van der Waals surface area contributed by atoms with Crippen molar-refractivity contribution in [2.75, 3.05) is 0 Å². The minimum absolute atomic E-state index is 0.110. The number of sulfone groups is 1. The van der Waals surface area contributed by atoms with E-state index in [9.17, 15) is 25.6 Å².